The Labute approximate surface area is 124 Å². The molecule has 0 bridgehead atoms. The molecule has 0 saturated carbocycles. The molecule has 0 aromatic heterocycles. The standard InChI is InChI=1S/C16H11FO5/c1-7(8-2-4-10(17)12(19)6-8)15-13(20)9-3-5-11(18)14(21)16(9)22-15/h2-6,18-19,21H,1H3. The lowest BCUT2D eigenvalue weighted by Gasteiger charge is -2.07. The number of allylic oxidation sites excluding steroid dienone is 2. The van der Waals surface area contributed by atoms with Gasteiger partial charge in [0.15, 0.2) is 28.8 Å². The molecule has 1 aliphatic heterocycles. The summed E-state index contributed by atoms with van der Waals surface area (Å²) in [6.45, 7) is 1.57. The zero-order valence-corrected chi connectivity index (χ0v) is 11.4. The predicted octanol–water partition coefficient (Wildman–Crippen LogP) is 2.95. The average Bonchev–Trinajstić information content (AvgIpc) is 2.83. The molecule has 1 heterocycles. The Hall–Kier alpha value is -3.02. The third-order valence-electron chi connectivity index (χ3n) is 3.48. The fourth-order valence-electron chi connectivity index (χ4n) is 2.24. The van der Waals surface area contributed by atoms with Gasteiger partial charge in [0.05, 0.1) is 5.56 Å². The van der Waals surface area contributed by atoms with Crippen LogP contribution in [0.2, 0.25) is 0 Å². The van der Waals surface area contributed by atoms with Gasteiger partial charge < -0.3 is 20.1 Å². The van der Waals surface area contributed by atoms with E-state index in [0.717, 1.165) is 6.07 Å². The van der Waals surface area contributed by atoms with E-state index < -0.39 is 28.8 Å². The summed E-state index contributed by atoms with van der Waals surface area (Å²) >= 11 is 0. The number of carbonyl (C=O) groups excluding carboxylic acids is 1. The van der Waals surface area contributed by atoms with E-state index in [1.807, 2.05) is 0 Å². The first kappa shape index (κ1) is 13.9. The number of phenolic OH excluding ortho intramolecular Hbond substituents is 3. The average molecular weight is 302 g/mol. The number of fused-ring (bicyclic) bond motifs is 1. The van der Waals surface area contributed by atoms with Gasteiger partial charge >= 0.3 is 0 Å². The minimum Gasteiger partial charge on any atom is -0.505 e. The topological polar surface area (TPSA) is 87.0 Å². The largest absolute Gasteiger partial charge is 0.505 e. The maximum Gasteiger partial charge on any atom is 0.232 e. The van der Waals surface area contributed by atoms with Gasteiger partial charge in [-0.25, -0.2) is 4.39 Å². The number of hydrogen-bond donors (Lipinski definition) is 3. The van der Waals surface area contributed by atoms with Gasteiger partial charge in [-0.2, -0.15) is 0 Å². The van der Waals surface area contributed by atoms with Crippen molar-refractivity contribution in [1.82, 2.24) is 0 Å². The Morgan fingerprint density at radius 2 is 1.82 bits per heavy atom. The molecule has 112 valence electrons. The van der Waals surface area contributed by atoms with E-state index >= 15 is 0 Å². The number of halogens is 1. The van der Waals surface area contributed by atoms with Crippen LogP contribution >= 0.6 is 0 Å². The van der Waals surface area contributed by atoms with Gasteiger partial charge in [0, 0.05) is 5.57 Å². The van der Waals surface area contributed by atoms with Gasteiger partial charge in [0.25, 0.3) is 0 Å². The van der Waals surface area contributed by atoms with Crippen LogP contribution in [-0.4, -0.2) is 21.1 Å². The number of benzene rings is 2. The number of aromatic hydroxyl groups is 3. The summed E-state index contributed by atoms with van der Waals surface area (Å²) < 4.78 is 18.5. The third kappa shape index (κ3) is 1.96. The first-order chi connectivity index (χ1) is 10.4. The first-order valence-electron chi connectivity index (χ1n) is 6.37. The smallest absolute Gasteiger partial charge is 0.232 e. The number of ether oxygens (including phenoxy) is 1. The lowest BCUT2D eigenvalue weighted by molar-refractivity contribution is 0.101. The highest BCUT2D eigenvalue weighted by molar-refractivity contribution is 6.16. The Bertz CT molecular complexity index is 839. The van der Waals surface area contributed by atoms with Gasteiger partial charge in [0.2, 0.25) is 11.5 Å². The van der Waals surface area contributed by atoms with Crippen LogP contribution in [-0.2, 0) is 0 Å². The van der Waals surface area contributed by atoms with Crippen molar-refractivity contribution in [2.24, 2.45) is 0 Å². The molecule has 2 aromatic rings. The minimum absolute atomic E-state index is 0.0538. The number of phenols is 3. The Morgan fingerprint density at radius 1 is 1.09 bits per heavy atom. The predicted molar refractivity (Wildman–Crippen MR) is 75.4 cm³/mol. The number of hydrogen-bond acceptors (Lipinski definition) is 5. The molecule has 0 atom stereocenters. The molecular formula is C16H11FO5. The van der Waals surface area contributed by atoms with Crippen LogP contribution in [0.1, 0.15) is 22.8 Å². The van der Waals surface area contributed by atoms with E-state index in [-0.39, 0.29) is 17.1 Å². The number of rotatable bonds is 1. The Kier molecular flexibility index (Phi) is 3.02. The van der Waals surface area contributed by atoms with Crippen LogP contribution in [0.3, 0.4) is 0 Å². The van der Waals surface area contributed by atoms with Crippen LogP contribution in [0, 0.1) is 5.82 Å². The molecule has 22 heavy (non-hydrogen) atoms. The van der Waals surface area contributed by atoms with Crippen molar-refractivity contribution in [2.45, 2.75) is 6.92 Å². The van der Waals surface area contributed by atoms with Gasteiger partial charge in [0.1, 0.15) is 0 Å². The van der Waals surface area contributed by atoms with Crippen molar-refractivity contribution in [2.75, 3.05) is 0 Å². The highest BCUT2D eigenvalue weighted by Crippen LogP contribution is 2.45. The summed E-state index contributed by atoms with van der Waals surface area (Å²) in [5.41, 5.74) is 0.894. The molecule has 0 aliphatic carbocycles. The van der Waals surface area contributed by atoms with Crippen molar-refractivity contribution in [3.05, 3.63) is 53.0 Å². The van der Waals surface area contributed by atoms with E-state index in [1.165, 1.54) is 24.3 Å². The molecule has 0 fully saturated rings. The van der Waals surface area contributed by atoms with E-state index in [4.69, 9.17) is 4.74 Å². The molecule has 3 N–H and O–H groups in total. The van der Waals surface area contributed by atoms with Gasteiger partial charge in [-0.15, -0.1) is 0 Å². The molecule has 6 heteroatoms. The number of Topliss-reactive ketones (excluding diaryl/α,β-unsaturated/α-hetero) is 1. The molecule has 2 aromatic carbocycles. The fourth-order valence-corrected chi connectivity index (χ4v) is 2.24. The summed E-state index contributed by atoms with van der Waals surface area (Å²) in [5.74, 6) is -2.87. The van der Waals surface area contributed by atoms with Crippen molar-refractivity contribution >= 4 is 11.4 Å². The summed E-state index contributed by atoms with van der Waals surface area (Å²) in [7, 11) is 0. The number of carbonyl (C=O) groups is 1. The highest BCUT2D eigenvalue weighted by Gasteiger charge is 2.33. The maximum absolute atomic E-state index is 13.1. The molecule has 0 spiro atoms. The van der Waals surface area contributed by atoms with Crippen LogP contribution in [0.25, 0.3) is 5.57 Å². The monoisotopic (exact) mass is 302 g/mol. The zero-order valence-electron chi connectivity index (χ0n) is 11.4. The van der Waals surface area contributed by atoms with E-state index in [9.17, 15) is 24.5 Å². The normalized spacial score (nSPS) is 15.5. The van der Waals surface area contributed by atoms with E-state index in [2.05, 4.69) is 0 Å². The van der Waals surface area contributed by atoms with Crippen LogP contribution < -0.4 is 4.74 Å². The second-order valence-corrected chi connectivity index (χ2v) is 4.86. The molecule has 3 rings (SSSR count). The summed E-state index contributed by atoms with van der Waals surface area (Å²) in [4.78, 5) is 12.3. The lowest BCUT2D eigenvalue weighted by atomic mass is 10.0. The summed E-state index contributed by atoms with van der Waals surface area (Å²) in [6, 6.07) is 6.18. The molecule has 0 radical (unpaired) electrons. The van der Waals surface area contributed by atoms with Crippen molar-refractivity contribution in [1.29, 1.82) is 0 Å². The van der Waals surface area contributed by atoms with Gasteiger partial charge in [-0.3, -0.25) is 4.79 Å². The molecule has 0 saturated heterocycles. The van der Waals surface area contributed by atoms with Crippen molar-refractivity contribution in [3.63, 3.8) is 0 Å². The third-order valence-corrected chi connectivity index (χ3v) is 3.48. The van der Waals surface area contributed by atoms with Crippen LogP contribution in [0.4, 0.5) is 4.39 Å². The minimum atomic E-state index is -0.772. The molecule has 5 nitrogen and oxygen atoms in total. The van der Waals surface area contributed by atoms with Crippen molar-refractivity contribution < 1.29 is 29.2 Å². The molecule has 0 amide bonds. The molecular weight excluding hydrogens is 291 g/mol. The summed E-state index contributed by atoms with van der Waals surface area (Å²) in [5, 5.41) is 28.6. The SMILES string of the molecule is CC(=C1Oc2c(ccc(O)c2O)C1=O)c1ccc(F)c(O)c1. The number of ketones is 1. The Balaban J connectivity index is 2.11. The summed E-state index contributed by atoms with van der Waals surface area (Å²) in [6.07, 6.45) is 0. The van der Waals surface area contributed by atoms with Gasteiger partial charge in [-0.1, -0.05) is 6.07 Å². The second-order valence-electron chi connectivity index (χ2n) is 4.86. The van der Waals surface area contributed by atoms with Crippen molar-refractivity contribution in [3.8, 4) is 23.0 Å². The fraction of sp³-hybridized carbons (Fsp3) is 0.0625. The first-order valence-corrected chi connectivity index (χ1v) is 6.37. The van der Waals surface area contributed by atoms with Gasteiger partial charge in [-0.05, 0) is 36.8 Å². The van der Waals surface area contributed by atoms with E-state index in [1.54, 1.807) is 6.92 Å². The molecule has 1 aliphatic rings. The maximum atomic E-state index is 13.1. The van der Waals surface area contributed by atoms with Crippen LogP contribution in [0.5, 0.6) is 23.0 Å². The second kappa shape index (κ2) is 4.77. The zero-order chi connectivity index (χ0) is 16.0. The Morgan fingerprint density at radius 3 is 2.50 bits per heavy atom. The lowest BCUT2D eigenvalue weighted by Crippen LogP contribution is -2.02. The van der Waals surface area contributed by atoms with E-state index in [0.29, 0.717) is 11.1 Å². The highest BCUT2D eigenvalue weighted by atomic mass is 19.1. The quantitative estimate of drug-likeness (QED) is 0.557. The van der Waals surface area contributed by atoms with Crippen LogP contribution in [0.15, 0.2) is 36.1 Å². The molecule has 0 unspecified atom stereocenters.